The molecule has 0 unspecified atom stereocenters. The fraction of sp³-hybridized carbons (Fsp3) is 0.0833. The van der Waals surface area contributed by atoms with E-state index in [2.05, 4.69) is 81.3 Å². The van der Waals surface area contributed by atoms with Gasteiger partial charge in [0.15, 0.2) is 0 Å². The Kier molecular flexibility index (Phi) is 5.59. The molecule has 0 aliphatic heterocycles. The van der Waals surface area contributed by atoms with Crippen LogP contribution in [0.5, 0.6) is 0 Å². The highest BCUT2D eigenvalue weighted by Crippen LogP contribution is 2.23. The summed E-state index contributed by atoms with van der Waals surface area (Å²) in [4.78, 5) is 8.28. The molecule has 0 spiro atoms. The molecule has 0 fully saturated rings. The summed E-state index contributed by atoms with van der Waals surface area (Å²) in [7, 11) is 0. The summed E-state index contributed by atoms with van der Waals surface area (Å²) >= 11 is 0. The lowest BCUT2D eigenvalue weighted by atomic mass is 10.0. The molecule has 0 bridgehead atoms. The van der Waals surface area contributed by atoms with Crippen molar-refractivity contribution in [2.24, 2.45) is 0 Å². The van der Waals surface area contributed by atoms with E-state index in [0.717, 1.165) is 24.5 Å². The minimum atomic E-state index is 0.768. The minimum absolute atomic E-state index is 0.768. The topological polar surface area (TPSA) is 49.8 Å². The summed E-state index contributed by atoms with van der Waals surface area (Å²) in [6.07, 6.45) is 7.34. The first-order chi connectivity index (χ1) is 13.9. The molecule has 2 N–H and O–H groups in total. The van der Waals surface area contributed by atoms with Crippen molar-refractivity contribution in [1.82, 2.24) is 9.97 Å². The largest absolute Gasteiger partial charge is 0.381 e. The second-order valence-electron chi connectivity index (χ2n) is 6.58. The fourth-order valence-electron chi connectivity index (χ4n) is 2.97. The maximum absolute atomic E-state index is 4.14. The highest BCUT2D eigenvalue weighted by Gasteiger charge is 2.00. The van der Waals surface area contributed by atoms with Crippen molar-refractivity contribution >= 4 is 11.4 Å². The zero-order chi connectivity index (χ0) is 19.0. The molecule has 4 heteroatoms. The third-order valence-electron chi connectivity index (χ3n) is 4.54. The molecule has 0 radical (unpaired) electrons. The van der Waals surface area contributed by atoms with Gasteiger partial charge in [0.25, 0.3) is 0 Å². The Morgan fingerprint density at radius 3 is 1.32 bits per heavy atom. The van der Waals surface area contributed by atoms with Gasteiger partial charge in [-0.25, -0.2) is 0 Å². The second-order valence-corrected chi connectivity index (χ2v) is 6.58. The predicted octanol–water partition coefficient (Wildman–Crippen LogP) is 5.37. The van der Waals surface area contributed by atoms with E-state index in [4.69, 9.17) is 0 Å². The summed E-state index contributed by atoms with van der Waals surface area (Å²) in [5.41, 5.74) is 6.93. The first kappa shape index (κ1) is 17.7. The third-order valence-corrected chi connectivity index (χ3v) is 4.54. The summed E-state index contributed by atoms with van der Waals surface area (Å²) < 4.78 is 0. The Labute approximate surface area is 165 Å². The molecule has 0 amide bonds. The highest BCUT2D eigenvalue weighted by molar-refractivity contribution is 5.68. The molecule has 4 nitrogen and oxygen atoms in total. The van der Waals surface area contributed by atoms with Crippen molar-refractivity contribution in [3.05, 3.63) is 109 Å². The summed E-state index contributed by atoms with van der Waals surface area (Å²) in [5.74, 6) is 0. The van der Waals surface area contributed by atoms with Crippen molar-refractivity contribution in [3.63, 3.8) is 0 Å². The lowest BCUT2D eigenvalue weighted by molar-refractivity contribution is 1.11. The van der Waals surface area contributed by atoms with Crippen molar-refractivity contribution in [2.45, 2.75) is 13.1 Å². The van der Waals surface area contributed by atoms with E-state index in [9.17, 15) is 0 Å². The molecule has 28 heavy (non-hydrogen) atoms. The number of anilines is 2. The van der Waals surface area contributed by atoms with Gasteiger partial charge in [-0.3, -0.25) is 9.97 Å². The number of rotatable bonds is 7. The van der Waals surface area contributed by atoms with Crippen LogP contribution >= 0.6 is 0 Å². The van der Waals surface area contributed by atoms with Gasteiger partial charge in [0.2, 0.25) is 0 Å². The molecule has 0 saturated carbocycles. The van der Waals surface area contributed by atoms with Crippen LogP contribution in [0.4, 0.5) is 11.4 Å². The van der Waals surface area contributed by atoms with Crippen molar-refractivity contribution in [3.8, 4) is 11.1 Å². The Bertz CT molecular complexity index is 897. The Hall–Kier alpha value is -3.66. The monoisotopic (exact) mass is 366 g/mol. The van der Waals surface area contributed by atoms with Crippen molar-refractivity contribution in [2.75, 3.05) is 10.6 Å². The average Bonchev–Trinajstić information content (AvgIpc) is 2.78. The van der Waals surface area contributed by atoms with Crippen molar-refractivity contribution < 1.29 is 0 Å². The van der Waals surface area contributed by atoms with Crippen LogP contribution in [0.3, 0.4) is 0 Å². The van der Waals surface area contributed by atoms with E-state index in [0.29, 0.717) is 0 Å². The number of hydrogen-bond acceptors (Lipinski definition) is 4. The van der Waals surface area contributed by atoms with Gasteiger partial charge in [-0.1, -0.05) is 36.4 Å². The zero-order valence-electron chi connectivity index (χ0n) is 15.5. The van der Waals surface area contributed by atoms with Crippen LogP contribution in [0, 0.1) is 0 Å². The SMILES string of the molecule is c1cncc(CNc2ccc(-c3ccc(NCc4cccnc4)cc3)cc2)c1. The quantitative estimate of drug-likeness (QED) is 0.462. The molecule has 0 atom stereocenters. The van der Waals surface area contributed by atoms with Crippen LogP contribution in [0.25, 0.3) is 11.1 Å². The first-order valence-electron chi connectivity index (χ1n) is 9.33. The maximum Gasteiger partial charge on any atom is 0.0416 e. The van der Waals surface area contributed by atoms with Gasteiger partial charge in [-0.15, -0.1) is 0 Å². The molecular formula is C24H22N4. The van der Waals surface area contributed by atoms with E-state index in [1.807, 2.05) is 24.5 Å². The van der Waals surface area contributed by atoms with Gasteiger partial charge in [-0.05, 0) is 58.7 Å². The lowest BCUT2D eigenvalue weighted by Gasteiger charge is -2.09. The van der Waals surface area contributed by atoms with Gasteiger partial charge in [0.05, 0.1) is 0 Å². The Balaban J connectivity index is 1.34. The normalized spacial score (nSPS) is 10.4. The molecule has 0 aliphatic carbocycles. The molecule has 2 aromatic heterocycles. The van der Waals surface area contributed by atoms with Crippen LogP contribution in [-0.2, 0) is 13.1 Å². The van der Waals surface area contributed by atoms with Crippen LogP contribution in [0.15, 0.2) is 97.6 Å². The lowest BCUT2D eigenvalue weighted by Crippen LogP contribution is -1.99. The Morgan fingerprint density at radius 2 is 0.964 bits per heavy atom. The number of nitrogens with zero attached hydrogens (tertiary/aromatic N) is 2. The van der Waals surface area contributed by atoms with Crippen LogP contribution < -0.4 is 10.6 Å². The van der Waals surface area contributed by atoms with Gasteiger partial charge < -0.3 is 10.6 Å². The average molecular weight is 366 g/mol. The molecular weight excluding hydrogens is 344 g/mol. The third kappa shape index (κ3) is 4.74. The van der Waals surface area contributed by atoms with Crippen molar-refractivity contribution in [1.29, 1.82) is 0 Å². The molecule has 4 aromatic rings. The first-order valence-corrected chi connectivity index (χ1v) is 9.33. The second kappa shape index (κ2) is 8.82. The standard InChI is InChI=1S/C24H22N4/c1-3-19(15-25-13-1)17-27-23-9-5-21(6-10-23)22-7-11-24(12-8-22)28-18-20-4-2-14-26-16-20/h1-16,27-28H,17-18H2. The number of aromatic nitrogens is 2. The van der Waals surface area contributed by atoms with Gasteiger partial charge in [0, 0.05) is 49.3 Å². The smallest absolute Gasteiger partial charge is 0.0416 e. The number of benzene rings is 2. The van der Waals surface area contributed by atoms with Crippen LogP contribution in [0.2, 0.25) is 0 Å². The predicted molar refractivity (Wildman–Crippen MR) is 115 cm³/mol. The number of pyridine rings is 2. The van der Waals surface area contributed by atoms with Gasteiger partial charge in [0.1, 0.15) is 0 Å². The molecule has 0 aliphatic rings. The molecule has 2 aromatic carbocycles. The highest BCUT2D eigenvalue weighted by atomic mass is 14.9. The number of nitrogens with one attached hydrogen (secondary N) is 2. The molecule has 0 saturated heterocycles. The Morgan fingerprint density at radius 1 is 0.536 bits per heavy atom. The van der Waals surface area contributed by atoms with E-state index in [1.165, 1.54) is 22.3 Å². The van der Waals surface area contributed by atoms with Crippen LogP contribution in [-0.4, -0.2) is 9.97 Å². The zero-order valence-corrected chi connectivity index (χ0v) is 15.5. The molecule has 2 heterocycles. The summed E-state index contributed by atoms with van der Waals surface area (Å²) in [5, 5.41) is 6.85. The molecule has 138 valence electrons. The van der Waals surface area contributed by atoms with E-state index >= 15 is 0 Å². The van der Waals surface area contributed by atoms with E-state index in [1.54, 1.807) is 12.4 Å². The van der Waals surface area contributed by atoms with E-state index in [-0.39, 0.29) is 0 Å². The van der Waals surface area contributed by atoms with E-state index < -0.39 is 0 Å². The van der Waals surface area contributed by atoms with Gasteiger partial charge in [-0.2, -0.15) is 0 Å². The number of hydrogen-bond donors (Lipinski definition) is 2. The minimum Gasteiger partial charge on any atom is -0.381 e. The van der Waals surface area contributed by atoms with Gasteiger partial charge >= 0.3 is 0 Å². The summed E-state index contributed by atoms with van der Waals surface area (Å²) in [6.45, 7) is 1.54. The maximum atomic E-state index is 4.14. The summed E-state index contributed by atoms with van der Waals surface area (Å²) in [6, 6.07) is 25.1. The molecule has 4 rings (SSSR count). The fourth-order valence-corrected chi connectivity index (χ4v) is 2.97. The van der Waals surface area contributed by atoms with Crippen LogP contribution in [0.1, 0.15) is 11.1 Å².